The summed E-state index contributed by atoms with van der Waals surface area (Å²) in [5.41, 5.74) is 3.82. The van der Waals surface area contributed by atoms with Gasteiger partial charge in [0.2, 0.25) is 11.4 Å². The van der Waals surface area contributed by atoms with Crippen LogP contribution in [-0.2, 0) is 0 Å². The molecular weight excluding hydrogens is 482 g/mol. The van der Waals surface area contributed by atoms with E-state index in [2.05, 4.69) is 10.2 Å². The van der Waals surface area contributed by atoms with E-state index in [4.69, 9.17) is 40.6 Å². The smallest absolute Gasteiger partial charge is 0.204 e. The minimum Gasteiger partial charge on any atom is -0.497 e. The molecule has 3 aromatic carbocycles. The van der Waals surface area contributed by atoms with Crippen molar-refractivity contribution in [3.63, 3.8) is 0 Å². The molecule has 0 radical (unpaired) electrons. The number of nitrogens with zero attached hydrogens (tertiary/aromatic N) is 5. The fraction of sp³-hybridized carbons (Fsp3) is 0.154. The van der Waals surface area contributed by atoms with Crippen LogP contribution < -0.4 is 18.9 Å². The van der Waals surface area contributed by atoms with Crippen molar-refractivity contribution in [2.24, 2.45) is 0 Å². The molecular formula is C26H22ClN5O4. The Morgan fingerprint density at radius 3 is 2.11 bits per heavy atom. The van der Waals surface area contributed by atoms with E-state index in [1.807, 2.05) is 48.5 Å². The van der Waals surface area contributed by atoms with Gasteiger partial charge in [0, 0.05) is 22.2 Å². The van der Waals surface area contributed by atoms with Gasteiger partial charge in [-0.05, 0) is 48.5 Å². The highest BCUT2D eigenvalue weighted by molar-refractivity contribution is 6.30. The summed E-state index contributed by atoms with van der Waals surface area (Å²) in [5.74, 6) is 2.60. The van der Waals surface area contributed by atoms with Gasteiger partial charge < -0.3 is 18.9 Å². The summed E-state index contributed by atoms with van der Waals surface area (Å²) >= 11 is 6.06. The van der Waals surface area contributed by atoms with E-state index >= 15 is 0 Å². The van der Waals surface area contributed by atoms with Gasteiger partial charge >= 0.3 is 0 Å². The second-order valence-electron chi connectivity index (χ2n) is 7.69. The molecule has 0 spiro atoms. The largest absolute Gasteiger partial charge is 0.497 e. The first-order chi connectivity index (χ1) is 17.6. The second-order valence-corrected chi connectivity index (χ2v) is 8.13. The summed E-state index contributed by atoms with van der Waals surface area (Å²) in [6.07, 6.45) is 0. The standard InChI is InChI=1S/C26H22ClN5O4/c1-33-19-7-5-6-18(14-19)32-26-23(28-25(29-30-26)15-8-10-17(27)11-9-15)22(31-32)16-12-20(34-2)24(36-4)21(13-16)35-3/h5-14H,1-4H3. The number of ether oxygens (including phenoxy) is 4. The lowest BCUT2D eigenvalue weighted by atomic mass is 10.1. The molecule has 36 heavy (non-hydrogen) atoms. The van der Waals surface area contributed by atoms with Gasteiger partial charge in [0.05, 0.1) is 34.1 Å². The number of aromatic nitrogens is 5. The van der Waals surface area contributed by atoms with Crippen LogP contribution in [0.1, 0.15) is 0 Å². The SMILES string of the molecule is COc1cccc(-n2nc(-c3cc(OC)c(OC)c(OC)c3)c3nc(-c4ccc(Cl)cc4)nnc32)c1. The lowest BCUT2D eigenvalue weighted by Crippen LogP contribution is -2.00. The van der Waals surface area contributed by atoms with Crippen molar-refractivity contribution in [2.75, 3.05) is 28.4 Å². The summed E-state index contributed by atoms with van der Waals surface area (Å²) in [7, 11) is 6.30. The number of fused-ring (bicyclic) bond motifs is 1. The molecule has 0 aliphatic rings. The molecule has 0 N–H and O–H groups in total. The lowest BCUT2D eigenvalue weighted by molar-refractivity contribution is 0.324. The highest BCUT2D eigenvalue weighted by atomic mass is 35.5. The number of hydrogen-bond donors (Lipinski definition) is 0. The van der Waals surface area contributed by atoms with Crippen LogP contribution in [0, 0.1) is 0 Å². The van der Waals surface area contributed by atoms with E-state index in [1.165, 1.54) is 0 Å². The Labute approximate surface area is 212 Å². The molecule has 0 bridgehead atoms. The van der Waals surface area contributed by atoms with Gasteiger partial charge in [0.15, 0.2) is 17.3 Å². The van der Waals surface area contributed by atoms with Crippen LogP contribution >= 0.6 is 11.6 Å². The van der Waals surface area contributed by atoms with E-state index in [0.29, 0.717) is 56.3 Å². The summed E-state index contributed by atoms with van der Waals surface area (Å²) in [6.45, 7) is 0. The van der Waals surface area contributed by atoms with E-state index in [0.717, 1.165) is 11.3 Å². The van der Waals surface area contributed by atoms with Crippen LogP contribution in [-0.4, -0.2) is 53.4 Å². The molecule has 0 fully saturated rings. The zero-order valence-electron chi connectivity index (χ0n) is 20.0. The summed E-state index contributed by atoms with van der Waals surface area (Å²) in [6, 6.07) is 18.4. The average Bonchev–Trinajstić information content (AvgIpc) is 3.31. The van der Waals surface area contributed by atoms with E-state index in [-0.39, 0.29) is 0 Å². The third kappa shape index (κ3) is 4.14. The Morgan fingerprint density at radius 2 is 1.47 bits per heavy atom. The molecule has 0 saturated heterocycles. The molecule has 5 aromatic rings. The van der Waals surface area contributed by atoms with Crippen LogP contribution in [0.4, 0.5) is 0 Å². The Morgan fingerprint density at radius 1 is 0.750 bits per heavy atom. The average molecular weight is 504 g/mol. The van der Waals surface area contributed by atoms with E-state index < -0.39 is 0 Å². The molecule has 5 rings (SSSR count). The Hall–Kier alpha value is -4.37. The predicted octanol–water partition coefficient (Wildman–Crippen LogP) is 5.23. The number of hydrogen-bond acceptors (Lipinski definition) is 8. The minimum atomic E-state index is 0.443. The molecule has 0 aliphatic heterocycles. The van der Waals surface area contributed by atoms with Gasteiger partial charge in [0.25, 0.3) is 0 Å². The molecule has 9 nitrogen and oxygen atoms in total. The van der Waals surface area contributed by atoms with Crippen LogP contribution in [0.25, 0.3) is 39.5 Å². The van der Waals surface area contributed by atoms with Crippen LogP contribution in [0.3, 0.4) is 0 Å². The van der Waals surface area contributed by atoms with Crippen molar-refractivity contribution < 1.29 is 18.9 Å². The third-order valence-corrected chi connectivity index (χ3v) is 5.88. The zero-order valence-corrected chi connectivity index (χ0v) is 20.8. The fourth-order valence-electron chi connectivity index (χ4n) is 3.87. The van der Waals surface area contributed by atoms with Gasteiger partial charge in [-0.3, -0.25) is 0 Å². The van der Waals surface area contributed by atoms with Crippen molar-refractivity contribution in [1.82, 2.24) is 25.0 Å². The number of benzene rings is 3. The lowest BCUT2D eigenvalue weighted by Gasteiger charge is -2.13. The first kappa shape index (κ1) is 23.4. The minimum absolute atomic E-state index is 0.443. The maximum absolute atomic E-state index is 6.06. The molecule has 182 valence electrons. The molecule has 10 heteroatoms. The first-order valence-corrected chi connectivity index (χ1v) is 11.3. The molecule has 2 heterocycles. The monoisotopic (exact) mass is 503 g/mol. The van der Waals surface area contributed by atoms with Gasteiger partial charge in [0.1, 0.15) is 17.0 Å². The fourth-order valence-corrected chi connectivity index (χ4v) is 4.00. The summed E-state index contributed by atoms with van der Waals surface area (Å²) in [5, 5.41) is 14.4. The summed E-state index contributed by atoms with van der Waals surface area (Å²) < 4.78 is 23.7. The topological polar surface area (TPSA) is 93.4 Å². The third-order valence-electron chi connectivity index (χ3n) is 5.63. The Balaban J connectivity index is 1.78. The van der Waals surface area contributed by atoms with Gasteiger partial charge in [-0.1, -0.05) is 17.7 Å². The highest BCUT2D eigenvalue weighted by Crippen LogP contribution is 2.42. The quantitative estimate of drug-likeness (QED) is 0.298. The van der Waals surface area contributed by atoms with Crippen LogP contribution in [0.2, 0.25) is 5.02 Å². The van der Waals surface area contributed by atoms with Crippen molar-refractivity contribution >= 4 is 22.8 Å². The second kappa shape index (κ2) is 9.71. The predicted molar refractivity (Wildman–Crippen MR) is 137 cm³/mol. The molecule has 0 unspecified atom stereocenters. The molecule has 0 aliphatic carbocycles. The van der Waals surface area contributed by atoms with E-state index in [1.54, 1.807) is 45.3 Å². The van der Waals surface area contributed by atoms with Gasteiger partial charge in [-0.15, -0.1) is 10.2 Å². The maximum Gasteiger partial charge on any atom is 0.204 e. The van der Waals surface area contributed by atoms with Gasteiger partial charge in [-0.2, -0.15) is 5.10 Å². The normalized spacial score (nSPS) is 10.9. The Bertz CT molecular complexity index is 1530. The maximum atomic E-state index is 6.06. The van der Waals surface area contributed by atoms with E-state index in [9.17, 15) is 0 Å². The van der Waals surface area contributed by atoms with Crippen LogP contribution in [0.5, 0.6) is 23.0 Å². The number of methoxy groups -OCH3 is 4. The highest BCUT2D eigenvalue weighted by Gasteiger charge is 2.22. The molecule has 0 amide bonds. The molecule has 2 aromatic heterocycles. The summed E-state index contributed by atoms with van der Waals surface area (Å²) in [4.78, 5) is 4.85. The van der Waals surface area contributed by atoms with Crippen molar-refractivity contribution in [3.8, 4) is 51.3 Å². The zero-order chi connectivity index (χ0) is 25.2. The van der Waals surface area contributed by atoms with Crippen molar-refractivity contribution in [3.05, 3.63) is 65.7 Å². The van der Waals surface area contributed by atoms with Crippen molar-refractivity contribution in [1.29, 1.82) is 0 Å². The molecule has 0 atom stereocenters. The first-order valence-electron chi connectivity index (χ1n) is 10.9. The van der Waals surface area contributed by atoms with Gasteiger partial charge in [-0.25, -0.2) is 9.67 Å². The number of halogens is 1. The number of rotatable bonds is 7. The Kier molecular flexibility index (Phi) is 6.30. The van der Waals surface area contributed by atoms with Crippen molar-refractivity contribution in [2.45, 2.75) is 0 Å². The molecule has 0 saturated carbocycles. The van der Waals surface area contributed by atoms with Crippen LogP contribution in [0.15, 0.2) is 60.7 Å².